The SMILES string of the molecule is COc1ccc(-c2cc(-c3ccc(N(C)C)cc3)c3c(N)ncnc3n2)cc1. The molecule has 6 heteroatoms. The molecule has 0 unspecified atom stereocenters. The van der Waals surface area contributed by atoms with E-state index < -0.39 is 0 Å². The number of pyridine rings is 1. The monoisotopic (exact) mass is 371 g/mol. The van der Waals surface area contributed by atoms with Crippen LogP contribution in [0.25, 0.3) is 33.4 Å². The quantitative estimate of drug-likeness (QED) is 0.584. The first-order valence-corrected chi connectivity index (χ1v) is 8.90. The number of ether oxygens (including phenoxy) is 1. The first-order chi connectivity index (χ1) is 13.6. The van der Waals surface area contributed by atoms with Crippen molar-refractivity contribution in [1.29, 1.82) is 0 Å². The number of hydrogen-bond acceptors (Lipinski definition) is 6. The zero-order valence-corrected chi connectivity index (χ0v) is 16.0. The van der Waals surface area contributed by atoms with E-state index in [4.69, 9.17) is 15.5 Å². The van der Waals surface area contributed by atoms with Crippen molar-refractivity contribution < 1.29 is 4.74 Å². The average molecular weight is 371 g/mol. The van der Waals surface area contributed by atoms with Gasteiger partial charge in [0, 0.05) is 25.3 Å². The number of aromatic nitrogens is 3. The van der Waals surface area contributed by atoms with E-state index >= 15 is 0 Å². The van der Waals surface area contributed by atoms with Gasteiger partial charge in [0.15, 0.2) is 5.65 Å². The first kappa shape index (κ1) is 17.7. The molecule has 0 saturated carbocycles. The molecule has 0 radical (unpaired) electrons. The highest BCUT2D eigenvalue weighted by molar-refractivity contribution is 6.01. The van der Waals surface area contributed by atoms with Crippen molar-refractivity contribution in [2.24, 2.45) is 0 Å². The molecule has 0 aliphatic heterocycles. The molecular formula is C22H21N5O. The lowest BCUT2D eigenvalue weighted by molar-refractivity contribution is 0.415. The Kier molecular flexibility index (Phi) is 4.53. The van der Waals surface area contributed by atoms with E-state index in [1.165, 1.54) is 6.33 Å². The van der Waals surface area contributed by atoms with Gasteiger partial charge in [-0.2, -0.15) is 0 Å². The lowest BCUT2D eigenvalue weighted by Gasteiger charge is -2.14. The number of benzene rings is 2. The predicted octanol–water partition coefficient (Wildman–Crippen LogP) is 4.02. The molecule has 0 atom stereocenters. The van der Waals surface area contributed by atoms with Gasteiger partial charge in [0.05, 0.1) is 18.2 Å². The van der Waals surface area contributed by atoms with Gasteiger partial charge in [-0.1, -0.05) is 12.1 Å². The van der Waals surface area contributed by atoms with Crippen LogP contribution in [0.1, 0.15) is 0 Å². The van der Waals surface area contributed by atoms with Crippen LogP contribution in [0, 0.1) is 0 Å². The summed E-state index contributed by atoms with van der Waals surface area (Å²) in [4.78, 5) is 15.3. The third-order valence-corrected chi connectivity index (χ3v) is 4.71. The van der Waals surface area contributed by atoms with Crippen LogP contribution in [0.15, 0.2) is 60.9 Å². The van der Waals surface area contributed by atoms with Gasteiger partial charge in [-0.05, 0) is 53.6 Å². The van der Waals surface area contributed by atoms with E-state index in [9.17, 15) is 0 Å². The summed E-state index contributed by atoms with van der Waals surface area (Å²) in [5.74, 6) is 1.22. The Morgan fingerprint density at radius 2 is 1.57 bits per heavy atom. The Labute approximate surface area is 163 Å². The van der Waals surface area contributed by atoms with Crippen molar-refractivity contribution in [2.75, 3.05) is 31.8 Å². The summed E-state index contributed by atoms with van der Waals surface area (Å²) < 4.78 is 5.25. The van der Waals surface area contributed by atoms with E-state index in [1.807, 2.05) is 44.4 Å². The fraction of sp³-hybridized carbons (Fsp3) is 0.136. The van der Waals surface area contributed by atoms with Gasteiger partial charge in [-0.15, -0.1) is 0 Å². The van der Waals surface area contributed by atoms with Gasteiger partial charge >= 0.3 is 0 Å². The van der Waals surface area contributed by atoms with Gasteiger partial charge < -0.3 is 15.4 Å². The molecule has 0 aliphatic rings. The van der Waals surface area contributed by atoms with E-state index in [0.717, 1.165) is 39.2 Å². The highest BCUT2D eigenvalue weighted by Gasteiger charge is 2.14. The minimum absolute atomic E-state index is 0.422. The van der Waals surface area contributed by atoms with Crippen molar-refractivity contribution in [3.05, 3.63) is 60.9 Å². The lowest BCUT2D eigenvalue weighted by atomic mass is 9.99. The Morgan fingerprint density at radius 1 is 0.893 bits per heavy atom. The summed E-state index contributed by atoms with van der Waals surface area (Å²) in [6.45, 7) is 0. The second-order valence-corrected chi connectivity index (χ2v) is 6.68. The third kappa shape index (κ3) is 3.20. The number of rotatable bonds is 4. The van der Waals surface area contributed by atoms with E-state index in [-0.39, 0.29) is 0 Å². The van der Waals surface area contributed by atoms with Gasteiger partial charge in [0.25, 0.3) is 0 Å². The minimum atomic E-state index is 0.422. The molecule has 2 N–H and O–H groups in total. The number of anilines is 2. The Bertz CT molecular complexity index is 1120. The van der Waals surface area contributed by atoms with Crippen molar-refractivity contribution in [1.82, 2.24) is 15.0 Å². The Morgan fingerprint density at radius 3 is 2.21 bits per heavy atom. The average Bonchev–Trinajstić information content (AvgIpc) is 2.73. The molecule has 0 fully saturated rings. The second kappa shape index (κ2) is 7.15. The number of fused-ring (bicyclic) bond motifs is 1. The van der Waals surface area contributed by atoms with Crippen molar-refractivity contribution >= 4 is 22.5 Å². The Balaban J connectivity index is 1.92. The van der Waals surface area contributed by atoms with Crippen LogP contribution in [-0.2, 0) is 0 Å². The van der Waals surface area contributed by atoms with Gasteiger partial charge in [0.2, 0.25) is 0 Å². The summed E-state index contributed by atoms with van der Waals surface area (Å²) in [5, 5.41) is 0.761. The largest absolute Gasteiger partial charge is 0.497 e. The molecule has 140 valence electrons. The fourth-order valence-corrected chi connectivity index (χ4v) is 3.16. The molecule has 2 aromatic heterocycles. The van der Waals surface area contributed by atoms with Gasteiger partial charge in [-0.25, -0.2) is 15.0 Å². The first-order valence-electron chi connectivity index (χ1n) is 8.90. The standard InChI is InChI=1S/C22H21N5O/c1-27(2)16-8-4-14(5-9-16)18-12-19(15-6-10-17(28-3)11-7-15)26-22-20(18)21(23)24-13-25-22/h4-13H,1-3H3,(H2,23,24,25,26). The van der Waals surface area contributed by atoms with Crippen LogP contribution in [0.5, 0.6) is 5.75 Å². The number of nitrogens with zero attached hydrogens (tertiary/aromatic N) is 4. The molecule has 2 aromatic carbocycles. The fourth-order valence-electron chi connectivity index (χ4n) is 3.16. The maximum Gasteiger partial charge on any atom is 0.165 e. The van der Waals surface area contributed by atoms with Gasteiger partial charge in [-0.3, -0.25) is 0 Å². The Hall–Kier alpha value is -3.67. The van der Waals surface area contributed by atoms with Crippen molar-refractivity contribution in [3.8, 4) is 28.1 Å². The van der Waals surface area contributed by atoms with Crippen LogP contribution < -0.4 is 15.4 Å². The van der Waals surface area contributed by atoms with Crippen LogP contribution in [0.3, 0.4) is 0 Å². The molecular weight excluding hydrogens is 350 g/mol. The van der Waals surface area contributed by atoms with Gasteiger partial charge in [0.1, 0.15) is 17.9 Å². The molecule has 0 aliphatic carbocycles. The molecule has 6 nitrogen and oxygen atoms in total. The molecule has 4 aromatic rings. The lowest BCUT2D eigenvalue weighted by Crippen LogP contribution is -2.08. The maximum atomic E-state index is 6.18. The van der Waals surface area contributed by atoms with Crippen LogP contribution >= 0.6 is 0 Å². The highest BCUT2D eigenvalue weighted by atomic mass is 16.5. The van der Waals surface area contributed by atoms with Crippen LogP contribution in [-0.4, -0.2) is 36.2 Å². The predicted molar refractivity (Wildman–Crippen MR) is 113 cm³/mol. The van der Waals surface area contributed by atoms with Crippen LogP contribution in [0.2, 0.25) is 0 Å². The summed E-state index contributed by atoms with van der Waals surface area (Å²) in [6.07, 6.45) is 1.45. The van der Waals surface area contributed by atoms with E-state index in [0.29, 0.717) is 11.5 Å². The van der Waals surface area contributed by atoms with E-state index in [1.54, 1.807) is 7.11 Å². The van der Waals surface area contributed by atoms with E-state index in [2.05, 4.69) is 39.1 Å². The topological polar surface area (TPSA) is 77.2 Å². The molecule has 0 saturated heterocycles. The number of methoxy groups -OCH3 is 1. The number of hydrogen-bond donors (Lipinski definition) is 1. The summed E-state index contributed by atoms with van der Waals surface area (Å²) in [6, 6.07) is 18.1. The molecule has 0 bridgehead atoms. The third-order valence-electron chi connectivity index (χ3n) is 4.71. The molecule has 0 spiro atoms. The molecule has 0 amide bonds. The molecule has 2 heterocycles. The molecule has 28 heavy (non-hydrogen) atoms. The summed E-state index contributed by atoms with van der Waals surface area (Å²) >= 11 is 0. The summed E-state index contributed by atoms with van der Waals surface area (Å²) in [7, 11) is 5.69. The smallest absolute Gasteiger partial charge is 0.165 e. The number of nitrogens with two attached hydrogens (primary N) is 1. The zero-order chi connectivity index (χ0) is 19.7. The van der Waals surface area contributed by atoms with Crippen LogP contribution in [0.4, 0.5) is 11.5 Å². The van der Waals surface area contributed by atoms with Crippen molar-refractivity contribution in [3.63, 3.8) is 0 Å². The zero-order valence-electron chi connectivity index (χ0n) is 16.0. The maximum absolute atomic E-state index is 6.18. The summed E-state index contributed by atoms with van der Waals surface area (Å²) in [5.41, 5.74) is 11.7. The molecule has 4 rings (SSSR count). The van der Waals surface area contributed by atoms with Crippen molar-refractivity contribution in [2.45, 2.75) is 0 Å². The minimum Gasteiger partial charge on any atom is -0.497 e. The number of nitrogen functional groups attached to an aromatic ring is 1. The second-order valence-electron chi connectivity index (χ2n) is 6.68. The highest BCUT2D eigenvalue weighted by Crippen LogP contribution is 2.34. The normalized spacial score (nSPS) is 10.8.